The maximum Gasteiger partial charge on any atom is 0.195 e. The second-order valence-corrected chi connectivity index (χ2v) is 4.68. The molecule has 1 heterocycles. The van der Waals surface area contributed by atoms with Crippen LogP contribution in [0, 0.1) is 0 Å². The molecule has 1 saturated heterocycles. The van der Waals surface area contributed by atoms with Crippen LogP contribution in [0.2, 0.25) is 0 Å². The Kier molecular flexibility index (Phi) is 5.98. The number of ether oxygens (including phenoxy) is 1. The first-order valence-electron chi connectivity index (χ1n) is 6.64. The van der Waals surface area contributed by atoms with Crippen LogP contribution < -0.4 is 0 Å². The summed E-state index contributed by atoms with van der Waals surface area (Å²) in [5.74, 6) is -1.62. The summed E-state index contributed by atoms with van der Waals surface area (Å²) in [4.78, 5) is 12.1. The zero-order valence-electron chi connectivity index (χ0n) is 11.8. The predicted octanol–water partition coefficient (Wildman–Crippen LogP) is -5.53. The van der Waals surface area contributed by atoms with Gasteiger partial charge < -0.3 is 45.6 Å². The minimum absolute atomic E-state index is 0.892. The molecular weight excluding hydrogens is 292 g/mol. The number of carbonyl (C=O) groups is 1. The molecule has 0 aromatic heterocycles. The third kappa shape index (κ3) is 3.74. The highest BCUT2D eigenvalue weighted by molar-refractivity contribution is 5.88. The molecule has 0 spiro atoms. The summed E-state index contributed by atoms with van der Waals surface area (Å²) in [7, 11) is 0. The van der Waals surface area contributed by atoms with E-state index in [1.165, 1.54) is 0 Å². The minimum atomic E-state index is -3.00. The Labute approximate surface area is 120 Å². The molecule has 124 valence electrons. The van der Waals surface area contributed by atoms with Gasteiger partial charge in [-0.25, -0.2) is 0 Å². The van der Waals surface area contributed by atoms with Crippen molar-refractivity contribution >= 4 is 5.78 Å². The van der Waals surface area contributed by atoms with E-state index in [0.717, 1.165) is 0 Å². The fraction of sp³-hybridized carbons (Fsp3) is 0.909. The average molecular weight is 313 g/mol. The molecule has 0 amide bonds. The fourth-order valence-corrected chi connectivity index (χ4v) is 1.83. The van der Waals surface area contributed by atoms with Crippen molar-refractivity contribution < 1.29 is 51.8 Å². The van der Waals surface area contributed by atoms with Gasteiger partial charge >= 0.3 is 0 Å². The van der Waals surface area contributed by atoms with E-state index in [1.54, 1.807) is 0 Å². The van der Waals surface area contributed by atoms with Gasteiger partial charge in [-0.05, 0) is 0 Å². The molecular formula is C11H20O10. The molecule has 0 aromatic rings. The minimum Gasteiger partial charge on any atom is -0.394 e. The van der Waals surface area contributed by atoms with Gasteiger partial charge in [-0.3, -0.25) is 4.79 Å². The second-order valence-electron chi connectivity index (χ2n) is 4.68. The fourth-order valence-electron chi connectivity index (χ4n) is 1.83. The summed E-state index contributed by atoms with van der Waals surface area (Å²) in [5, 5.41) is 74.8. The molecule has 0 aromatic carbocycles. The Balaban J connectivity index is 3.02. The summed E-state index contributed by atoms with van der Waals surface area (Å²) < 4.78 is 12.5. The van der Waals surface area contributed by atoms with Crippen molar-refractivity contribution in [2.24, 2.45) is 0 Å². The zero-order valence-corrected chi connectivity index (χ0v) is 10.8. The lowest BCUT2D eigenvalue weighted by molar-refractivity contribution is -0.230. The molecule has 1 aliphatic heterocycles. The Hall–Kier alpha value is -0.690. The number of Topliss-reactive ketones (excluding diaryl/α,β-unsaturated/α-hetero) is 1. The van der Waals surface area contributed by atoms with Crippen LogP contribution >= 0.6 is 0 Å². The lowest BCUT2D eigenvalue weighted by atomic mass is 9.90. The van der Waals surface area contributed by atoms with Gasteiger partial charge in [0.25, 0.3) is 0 Å². The van der Waals surface area contributed by atoms with Crippen molar-refractivity contribution in [2.45, 2.75) is 48.8 Å². The van der Waals surface area contributed by atoms with Crippen molar-refractivity contribution in [3.05, 3.63) is 0 Å². The summed E-state index contributed by atoms with van der Waals surface area (Å²) in [6.07, 6.45) is -17.2. The average Bonchev–Trinajstić information content (AvgIpc) is 2.53. The van der Waals surface area contributed by atoms with E-state index in [4.69, 9.17) is 16.3 Å². The van der Waals surface area contributed by atoms with Gasteiger partial charge in [-0.1, -0.05) is 0 Å². The molecule has 1 fully saturated rings. The number of hydrogen-bond donors (Lipinski definition) is 8. The number of ketones is 1. The Morgan fingerprint density at radius 1 is 1.10 bits per heavy atom. The Morgan fingerprint density at radius 3 is 2.14 bits per heavy atom. The van der Waals surface area contributed by atoms with Crippen LogP contribution in [-0.4, -0.2) is 109 Å². The van der Waals surface area contributed by atoms with Gasteiger partial charge in [0.05, 0.1) is 14.6 Å². The molecule has 1 aliphatic rings. The van der Waals surface area contributed by atoms with E-state index in [-0.39, 0.29) is 0 Å². The predicted molar refractivity (Wildman–Crippen MR) is 63.9 cm³/mol. The number of aliphatic hydroxyl groups excluding tert-OH is 8. The van der Waals surface area contributed by atoms with Gasteiger partial charge in [0.2, 0.25) is 0 Å². The monoisotopic (exact) mass is 313 g/mol. The molecule has 0 aliphatic carbocycles. The highest BCUT2D eigenvalue weighted by Gasteiger charge is 2.48. The van der Waals surface area contributed by atoms with Crippen molar-refractivity contribution in [3.63, 3.8) is 0 Å². The topological polar surface area (TPSA) is 188 Å². The molecule has 10 heteroatoms. The van der Waals surface area contributed by atoms with Crippen LogP contribution in [-0.2, 0) is 9.53 Å². The summed E-state index contributed by atoms with van der Waals surface area (Å²) >= 11 is 0. The Morgan fingerprint density at radius 2 is 1.67 bits per heavy atom. The first-order chi connectivity index (χ1) is 10.1. The van der Waals surface area contributed by atoms with Crippen molar-refractivity contribution in [1.82, 2.24) is 0 Å². The first-order valence-corrected chi connectivity index (χ1v) is 6.14. The number of hydrogen-bond acceptors (Lipinski definition) is 10. The molecule has 0 bridgehead atoms. The highest BCUT2D eigenvalue weighted by Crippen LogP contribution is 2.23. The van der Waals surface area contributed by atoms with E-state index in [0.29, 0.717) is 0 Å². The van der Waals surface area contributed by atoms with Crippen LogP contribution in [0.5, 0.6) is 0 Å². The largest absolute Gasteiger partial charge is 0.394 e. The Bertz CT molecular complexity index is 393. The maximum atomic E-state index is 12.1. The number of aliphatic hydroxyl groups is 8. The third-order valence-corrected chi connectivity index (χ3v) is 3.20. The highest BCUT2D eigenvalue weighted by atomic mass is 16.5. The van der Waals surface area contributed by atoms with Crippen molar-refractivity contribution in [1.29, 1.82) is 0 Å². The number of carbonyl (C=O) groups excluding carboxylic acids is 1. The van der Waals surface area contributed by atoms with Crippen LogP contribution in [0.15, 0.2) is 0 Å². The third-order valence-electron chi connectivity index (χ3n) is 3.20. The zero-order chi connectivity index (χ0) is 17.2. The van der Waals surface area contributed by atoms with Gasteiger partial charge in [0.15, 0.2) is 5.78 Å². The lowest BCUT2D eigenvalue weighted by Gasteiger charge is -2.40. The quantitative estimate of drug-likeness (QED) is 0.235. The van der Waals surface area contributed by atoms with Crippen LogP contribution in [0.25, 0.3) is 0 Å². The van der Waals surface area contributed by atoms with Gasteiger partial charge in [-0.2, -0.15) is 0 Å². The molecule has 1 rings (SSSR count). The van der Waals surface area contributed by atoms with Crippen LogP contribution in [0.3, 0.4) is 0 Å². The second kappa shape index (κ2) is 7.54. The molecule has 0 radical (unpaired) electrons. The van der Waals surface area contributed by atoms with Crippen LogP contribution in [0.4, 0.5) is 0 Å². The lowest BCUT2D eigenvalue weighted by Crippen LogP contribution is -2.63. The van der Waals surface area contributed by atoms with Gasteiger partial charge in [-0.15, -0.1) is 0 Å². The van der Waals surface area contributed by atoms with Crippen molar-refractivity contribution in [2.75, 3.05) is 13.2 Å². The maximum absolute atomic E-state index is 12.1. The molecule has 1 unspecified atom stereocenters. The van der Waals surface area contributed by atoms with E-state index < -0.39 is 67.8 Å². The summed E-state index contributed by atoms with van der Waals surface area (Å²) in [6, 6.07) is 0. The van der Waals surface area contributed by atoms with Crippen LogP contribution in [0.1, 0.15) is 1.37 Å². The smallest absolute Gasteiger partial charge is 0.195 e. The van der Waals surface area contributed by atoms with Crippen molar-refractivity contribution in [3.8, 4) is 0 Å². The summed E-state index contributed by atoms with van der Waals surface area (Å²) in [5.41, 5.74) is 0. The standard InChI is InChI=1S/C11H20O10/c12-1-3(14)5(15)7(17)9(19)11-10(20)8(18)6(16)4(2-13)21-11/h3-8,10-18,20H,1-2H2/t3-,4-,5-,6+,7+,8+,10-,11?/m1/s1/i11D. The molecule has 21 heavy (non-hydrogen) atoms. The molecule has 8 N–H and O–H groups in total. The number of rotatable bonds is 6. The summed E-state index contributed by atoms with van der Waals surface area (Å²) in [6.45, 7) is -1.88. The first kappa shape index (κ1) is 16.7. The van der Waals surface area contributed by atoms with E-state index in [9.17, 15) is 35.4 Å². The van der Waals surface area contributed by atoms with E-state index >= 15 is 0 Å². The molecule has 0 saturated carbocycles. The normalized spacial score (nSPS) is 42.0. The van der Waals surface area contributed by atoms with E-state index in [2.05, 4.69) is 0 Å². The van der Waals surface area contributed by atoms with E-state index in [1.807, 2.05) is 0 Å². The van der Waals surface area contributed by atoms with Gasteiger partial charge in [0.1, 0.15) is 48.8 Å². The SMILES string of the molecule is [2H]C1(C(=O)[C@@H](O)[C@H](O)[C@H](O)CO)O[C@H](CO)[C@H](O)[C@H](O)[C@H]1O. The van der Waals surface area contributed by atoms with Gasteiger partial charge in [0, 0.05) is 0 Å². The molecule has 10 nitrogen and oxygen atoms in total. The molecule has 8 atom stereocenters.